The van der Waals surface area contributed by atoms with Crippen molar-refractivity contribution in [3.05, 3.63) is 48.2 Å². The van der Waals surface area contributed by atoms with Crippen LogP contribution in [0.15, 0.2) is 36.8 Å². The summed E-state index contributed by atoms with van der Waals surface area (Å²) in [5.41, 5.74) is 0.900. The van der Waals surface area contributed by atoms with Gasteiger partial charge in [-0.1, -0.05) is 6.07 Å². The van der Waals surface area contributed by atoms with Gasteiger partial charge in [0.25, 0.3) is 0 Å². The summed E-state index contributed by atoms with van der Waals surface area (Å²) in [5.74, 6) is 2.28. The Morgan fingerprint density at radius 3 is 2.78 bits per heavy atom. The molecule has 1 aliphatic carbocycles. The molecule has 2 aliphatic heterocycles. The Kier molecular flexibility index (Phi) is 5.98. The van der Waals surface area contributed by atoms with Crippen LogP contribution in [0.4, 0.5) is 16.2 Å². The summed E-state index contributed by atoms with van der Waals surface area (Å²) in [4.78, 5) is 29.0. The zero-order chi connectivity index (χ0) is 21.9. The second kappa shape index (κ2) is 9.20. The first-order chi connectivity index (χ1) is 15.7. The topological polar surface area (TPSA) is 86.3 Å². The summed E-state index contributed by atoms with van der Waals surface area (Å²) in [5, 5.41) is 6.26. The number of piperidine rings is 1. The van der Waals surface area contributed by atoms with Gasteiger partial charge in [-0.3, -0.25) is 9.78 Å². The van der Waals surface area contributed by atoms with Gasteiger partial charge in [0.05, 0.1) is 6.20 Å². The summed E-state index contributed by atoms with van der Waals surface area (Å²) in [6.07, 6.45) is 8.98. The molecule has 2 saturated heterocycles. The Bertz CT molecular complexity index is 968. The third-order valence-corrected chi connectivity index (χ3v) is 6.67. The second-order valence-electron chi connectivity index (χ2n) is 8.67. The maximum atomic E-state index is 14.5. The molecule has 4 heterocycles. The van der Waals surface area contributed by atoms with Crippen LogP contribution in [-0.4, -0.2) is 66.7 Å². The first-order valence-corrected chi connectivity index (χ1v) is 11.3. The molecule has 3 fully saturated rings. The summed E-state index contributed by atoms with van der Waals surface area (Å²) < 4.78 is 14.5. The van der Waals surface area contributed by atoms with E-state index in [-0.39, 0.29) is 11.7 Å². The van der Waals surface area contributed by atoms with Crippen molar-refractivity contribution in [3.8, 4) is 0 Å². The molecule has 8 nitrogen and oxygen atoms in total. The van der Waals surface area contributed by atoms with Crippen LogP contribution in [0.1, 0.15) is 12.0 Å². The molecule has 5 rings (SSSR count). The molecule has 0 spiro atoms. The quantitative estimate of drug-likeness (QED) is 0.632. The van der Waals surface area contributed by atoms with Crippen molar-refractivity contribution in [2.45, 2.75) is 6.42 Å². The van der Waals surface area contributed by atoms with Gasteiger partial charge in [-0.15, -0.1) is 0 Å². The standard InChI is InChI=1S/C23H28FN7O/c24-20-13-28-23(30-10-8-25-9-11-30)29-22(20)31-14-18-17(19(18)15-31)5-7-27-21(32)4-3-16-2-1-6-26-12-16/h1-4,6,12-13,17-19,25H,5,7-11,14-15H2,(H,27,32)/b4-3+/t17-,18-,19+. The highest BCUT2D eigenvalue weighted by Crippen LogP contribution is 2.54. The van der Waals surface area contributed by atoms with Gasteiger partial charge in [0.15, 0.2) is 11.6 Å². The Balaban J connectivity index is 1.08. The fourth-order valence-electron chi connectivity index (χ4n) is 4.91. The van der Waals surface area contributed by atoms with Gasteiger partial charge < -0.3 is 20.4 Å². The molecule has 0 bridgehead atoms. The van der Waals surface area contributed by atoms with Gasteiger partial charge in [-0.25, -0.2) is 9.37 Å². The molecule has 0 radical (unpaired) electrons. The van der Waals surface area contributed by atoms with Gasteiger partial charge in [-0.2, -0.15) is 4.98 Å². The van der Waals surface area contributed by atoms with E-state index >= 15 is 0 Å². The predicted octanol–water partition coefficient (Wildman–Crippen LogP) is 1.32. The smallest absolute Gasteiger partial charge is 0.244 e. The molecule has 168 valence electrons. The van der Waals surface area contributed by atoms with Crippen molar-refractivity contribution in [1.29, 1.82) is 0 Å². The number of nitrogens with zero attached hydrogens (tertiary/aromatic N) is 5. The molecular weight excluding hydrogens is 409 g/mol. The number of hydrogen-bond acceptors (Lipinski definition) is 7. The lowest BCUT2D eigenvalue weighted by atomic mass is 10.2. The zero-order valence-corrected chi connectivity index (χ0v) is 18.0. The van der Waals surface area contributed by atoms with Crippen LogP contribution in [0.5, 0.6) is 0 Å². The minimum atomic E-state index is -0.352. The Morgan fingerprint density at radius 1 is 1.22 bits per heavy atom. The normalized spacial score (nSPS) is 24.6. The number of carbonyl (C=O) groups is 1. The van der Waals surface area contributed by atoms with Crippen molar-refractivity contribution in [2.75, 3.05) is 55.6 Å². The summed E-state index contributed by atoms with van der Waals surface area (Å²) in [6.45, 7) is 5.74. The van der Waals surface area contributed by atoms with Gasteiger partial charge in [0.2, 0.25) is 11.9 Å². The SMILES string of the molecule is O=C(/C=C/c1cccnc1)NCC[C@@H]1[C@H]2CN(c3nc(N4CCNCC4)ncc3F)C[C@@H]12. The molecule has 1 amide bonds. The van der Waals surface area contributed by atoms with Crippen LogP contribution in [0.3, 0.4) is 0 Å². The lowest BCUT2D eigenvalue weighted by Gasteiger charge is -2.28. The Morgan fingerprint density at radius 2 is 2.03 bits per heavy atom. The third kappa shape index (κ3) is 4.57. The van der Waals surface area contributed by atoms with Crippen LogP contribution in [0.25, 0.3) is 6.08 Å². The van der Waals surface area contributed by atoms with E-state index in [1.165, 1.54) is 6.20 Å². The number of rotatable bonds is 7. The number of anilines is 2. The molecular formula is C23H28FN7O. The fraction of sp³-hybridized carbons (Fsp3) is 0.478. The van der Waals surface area contributed by atoms with E-state index in [9.17, 15) is 9.18 Å². The van der Waals surface area contributed by atoms with Crippen LogP contribution >= 0.6 is 0 Å². The maximum Gasteiger partial charge on any atom is 0.244 e. The summed E-state index contributed by atoms with van der Waals surface area (Å²) in [7, 11) is 0. The van der Waals surface area contributed by atoms with Crippen LogP contribution < -0.4 is 20.4 Å². The minimum Gasteiger partial charge on any atom is -0.353 e. The number of nitrogens with one attached hydrogen (secondary N) is 2. The second-order valence-corrected chi connectivity index (χ2v) is 8.67. The Hall–Kier alpha value is -3.07. The third-order valence-electron chi connectivity index (χ3n) is 6.67. The van der Waals surface area contributed by atoms with E-state index in [4.69, 9.17) is 0 Å². The molecule has 0 aromatic carbocycles. The van der Waals surface area contributed by atoms with Crippen molar-refractivity contribution >= 4 is 23.7 Å². The van der Waals surface area contributed by atoms with Crippen LogP contribution in [0, 0.1) is 23.6 Å². The van der Waals surface area contributed by atoms with E-state index in [2.05, 4.69) is 35.4 Å². The molecule has 2 aromatic heterocycles. The lowest BCUT2D eigenvalue weighted by Crippen LogP contribution is -2.44. The van der Waals surface area contributed by atoms with E-state index in [1.54, 1.807) is 24.5 Å². The zero-order valence-electron chi connectivity index (χ0n) is 18.0. The highest BCUT2D eigenvalue weighted by molar-refractivity contribution is 5.91. The number of carbonyl (C=O) groups excluding carboxylic acids is 1. The molecule has 0 unspecified atom stereocenters. The summed E-state index contributed by atoms with van der Waals surface area (Å²) >= 11 is 0. The van der Waals surface area contributed by atoms with Gasteiger partial charge in [0, 0.05) is 64.3 Å². The van der Waals surface area contributed by atoms with E-state index in [0.717, 1.165) is 51.3 Å². The van der Waals surface area contributed by atoms with Crippen molar-refractivity contribution < 1.29 is 9.18 Å². The van der Waals surface area contributed by atoms with E-state index in [0.29, 0.717) is 36.1 Å². The number of amides is 1. The highest BCUT2D eigenvalue weighted by Gasteiger charge is 2.55. The Labute approximate surface area is 186 Å². The number of piperazine rings is 1. The first kappa shape index (κ1) is 20.8. The van der Waals surface area contributed by atoms with E-state index < -0.39 is 0 Å². The molecule has 2 aromatic rings. The summed E-state index contributed by atoms with van der Waals surface area (Å²) in [6, 6.07) is 3.74. The first-order valence-electron chi connectivity index (χ1n) is 11.3. The highest BCUT2D eigenvalue weighted by atomic mass is 19.1. The number of halogens is 1. The van der Waals surface area contributed by atoms with Crippen LogP contribution in [-0.2, 0) is 4.79 Å². The molecule has 3 atom stereocenters. The van der Waals surface area contributed by atoms with Crippen LogP contribution in [0.2, 0.25) is 0 Å². The van der Waals surface area contributed by atoms with Gasteiger partial charge >= 0.3 is 0 Å². The van der Waals surface area contributed by atoms with Crippen molar-refractivity contribution in [3.63, 3.8) is 0 Å². The number of fused-ring (bicyclic) bond motifs is 1. The molecule has 3 aliphatic rings. The molecule has 1 saturated carbocycles. The fourth-order valence-corrected chi connectivity index (χ4v) is 4.91. The predicted molar refractivity (Wildman–Crippen MR) is 121 cm³/mol. The average molecular weight is 438 g/mol. The van der Waals surface area contributed by atoms with Crippen molar-refractivity contribution in [2.24, 2.45) is 17.8 Å². The molecule has 9 heteroatoms. The number of pyridine rings is 1. The molecule has 32 heavy (non-hydrogen) atoms. The molecule has 2 N–H and O–H groups in total. The lowest BCUT2D eigenvalue weighted by molar-refractivity contribution is -0.116. The number of hydrogen-bond donors (Lipinski definition) is 2. The monoisotopic (exact) mass is 437 g/mol. The number of aromatic nitrogens is 3. The van der Waals surface area contributed by atoms with Gasteiger partial charge in [0.1, 0.15) is 0 Å². The largest absolute Gasteiger partial charge is 0.353 e. The minimum absolute atomic E-state index is 0.0928. The maximum absolute atomic E-state index is 14.5. The van der Waals surface area contributed by atoms with E-state index in [1.807, 2.05) is 12.1 Å². The van der Waals surface area contributed by atoms with Gasteiger partial charge in [-0.05, 0) is 41.9 Å². The average Bonchev–Trinajstić information content (AvgIpc) is 3.27. The van der Waals surface area contributed by atoms with Crippen molar-refractivity contribution in [1.82, 2.24) is 25.6 Å².